The van der Waals surface area contributed by atoms with Crippen molar-refractivity contribution in [3.63, 3.8) is 0 Å². The summed E-state index contributed by atoms with van der Waals surface area (Å²) in [5, 5.41) is 5.78. The number of aromatic nitrogens is 1. The summed E-state index contributed by atoms with van der Waals surface area (Å²) < 4.78 is 0.787. The Labute approximate surface area is 124 Å². The highest BCUT2D eigenvalue weighted by molar-refractivity contribution is 9.10. The largest absolute Gasteiger partial charge is 0.399 e. The van der Waals surface area contributed by atoms with Gasteiger partial charge < -0.3 is 11.1 Å². The van der Waals surface area contributed by atoms with E-state index in [0.29, 0.717) is 11.3 Å². The first-order valence-electron chi connectivity index (χ1n) is 5.74. The van der Waals surface area contributed by atoms with Crippen LogP contribution in [0, 0.1) is 6.92 Å². The number of nitrogen functional groups attached to an aromatic ring is 1. The Kier molecular flexibility index (Phi) is 4.21. The van der Waals surface area contributed by atoms with Crippen molar-refractivity contribution >= 4 is 38.9 Å². The van der Waals surface area contributed by atoms with E-state index in [1.54, 1.807) is 29.5 Å². The van der Waals surface area contributed by atoms with Gasteiger partial charge in [-0.2, -0.15) is 0 Å². The molecule has 1 heterocycles. The van der Waals surface area contributed by atoms with Gasteiger partial charge in [0, 0.05) is 26.8 Å². The van der Waals surface area contributed by atoms with E-state index < -0.39 is 0 Å². The van der Waals surface area contributed by atoms with Gasteiger partial charge in [0.15, 0.2) is 0 Å². The lowest BCUT2D eigenvalue weighted by atomic mass is 10.2. The molecule has 4 nitrogen and oxygen atoms in total. The first kappa shape index (κ1) is 14.0. The second-order valence-corrected chi connectivity index (χ2v) is 6.10. The van der Waals surface area contributed by atoms with Crippen LogP contribution >= 0.6 is 27.3 Å². The van der Waals surface area contributed by atoms with Crippen molar-refractivity contribution in [3.8, 4) is 0 Å². The minimum absolute atomic E-state index is 0.119. The molecule has 1 atom stereocenters. The maximum Gasteiger partial charge on any atom is 0.251 e. The predicted molar refractivity (Wildman–Crippen MR) is 81.3 cm³/mol. The minimum atomic E-state index is -0.159. The zero-order valence-electron chi connectivity index (χ0n) is 10.6. The van der Waals surface area contributed by atoms with E-state index in [0.717, 1.165) is 15.2 Å². The Morgan fingerprint density at radius 1 is 1.47 bits per heavy atom. The van der Waals surface area contributed by atoms with Gasteiger partial charge in [0.05, 0.1) is 6.04 Å². The van der Waals surface area contributed by atoms with E-state index in [-0.39, 0.29) is 11.9 Å². The molecule has 1 aromatic heterocycles. The Morgan fingerprint density at radius 2 is 2.21 bits per heavy atom. The van der Waals surface area contributed by atoms with E-state index in [9.17, 15) is 4.79 Å². The lowest BCUT2D eigenvalue weighted by molar-refractivity contribution is 0.0940. The van der Waals surface area contributed by atoms with Gasteiger partial charge in [-0.05, 0) is 32.0 Å². The molecular formula is C13H14BrN3OS. The van der Waals surface area contributed by atoms with E-state index in [2.05, 4.69) is 26.2 Å². The number of thiazole rings is 1. The Hall–Kier alpha value is -1.40. The maximum absolute atomic E-state index is 12.1. The normalized spacial score (nSPS) is 12.2. The van der Waals surface area contributed by atoms with Gasteiger partial charge in [0.25, 0.3) is 5.91 Å². The van der Waals surface area contributed by atoms with E-state index in [1.807, 2.05) is 19.2 Å². The quantitative estimate of drug-likeness (QED) is 0.843. The lowest BCUT2D eigenvalue weighted by Crippen LogP contribution is -2.26. The molecule has 0 aliphatic carbocycles. The highest BCUT2D eigenvalue weighted by atomic mass is 79.9. The second-order valence-electron chi connectivity index (χ2n) is 4.30. The van der Waals surface area contributed by atoms with Crippen LogP contribution in [-0.4, -0.2) is 10.9 Å². The van der Waals surface area contributed by atoms with E-state index >= 15 is 0 Å². The van der Waals surface area contributed by atoms with Crippen molar-refractivity contribution in [3.05, 3.63) is 44.3 Å². The number of anilines is 1. The average Bonchev–Trinajstić information content (AvgIpc) is 2.74. The SMILES string of the molecule is Cc1csc(C(C)NC(=O)c2cc(N)cc(Br)c2)n1. The number of hydrogen-bond donors (Lipinski definition) is 2. The molecule has 100 valence electrons. The molecule has 0 aliphatic rings. The Morgan fingerprint density at radius 3 is 2.79 bits per heavy atom. The Bertz CT molecular complexity index is 591. The average molecular weight is 340 g/mol. The van der Waals surface area contributed by atoms with Crippen LogP contribution in [0.15, 0.2) is 28.1 Å². The molecule has 0 fully saturated rings. The van der Waals surface area contributed by atoms with Crippen molar-refractivity contribution in [2.45, 2.75) is 19.9 Å². The molecule has 6 heteroatoms. The number of nitrogens with zero attached hydrogens (tertiary/aromatic N) is 1. The van der Waals surface area contributed by atoms with Gasteiger partial charge >= 0.3 is 0 Å². The standard InChI is InChI=1S/C13H14BrN3OS/c1-7-6-19-13(16-7)8(2)17-12(18)9-3-10(14)5-11(15)4-9/h3-6,8H,15H2,1-2H3,(H,17,18). The van der Waals surface area contributed by atoms with Gasteiger partial charge in [-0.3, -0.25) is 4.79 Å². The highest BCUT2D eigenvalue weighted by Gasteiger charge is 2.14. The molecule has 0 saturated heterocycles. The first-order chi connectivity index (χ1) is 8.95. The van der Waals surface area contributed by atoms with Crippen LogP contribution in [0.5, 0.6) is 0 Å². The predicted octanol–water partition coefficient (Wildman–Crippen LogP) is 3.29. The van der Waals surface area contributed by atoms with Gasteiger partial charge in [-0.25, -0.2) is 4.98 Å². The van der Waals surface area contributed by atoms with Crippen LogP contribution in [-0.2, 0) is 0 Å². The number of carbonyl (C=O) groups is 1. The molecule has 1 aromatic carbocycles. The van der Waals surface area contributed by atoms with Crippen molar-refractivity contribution < 1.29 is 4.79 Å². The highest BCUT2D eigenvalue weighted by Crippen LogP contribution is 2.20. The van der Waals surface area contributed by atoms with E-state index in [4.69, 9.17) is 5.73 Å². The molecule has 19 heavy (non-hydrogen) atoms. The topological polar surface area (TPSA) is 68.0 Å². The van der Waals surface area contributed by atoms with Gasteiger partial charge in [0.2, 0.25) is 0 Å². The van der Waals surface area contributed by atoms with Crippen molar-refractivity contribution in [1.82, 2.24) is 10.3 Å². The fraction of sp³-hybridized carbons (Fsp3) is 0.231. The number of nitrogens with two attached hydrogens (primary N) is 1. The number of halogens is 1. The number of amides is 1. The van der Waals surface area contributed by atoms with Crippen LogP contribution in [0.4, 0.5) is 5.69 Å². The number of benzene rings is 1. The molecule has 0 spiro atoms. The third-order valence-corrected chi connectivity index (χ3v) is 4.14. The molecule has 3 N–H and O–H groups in total. The van der Waals surface area contributed by atoms with Gasteiger partial charge in [-0.1, -0.05) is 15.9 Å². The fourth-order valence-corrected chi connectivity index (χ4v) is 2.97. The summed E-state index contributed by atoms with van der Waals surface area (Å²) in [6.45, 7) is 3.85. The number of carbonyl (C=O) groups excluding carboxylic acids is 1. The van der Waals surface area contributed by atoms with Crippen molar-refractivity contribution in [2.24, 2.45) is 0 Å². The zero-order valence-corrected chi connectivity index (χ0v) is 13.0. The van der Waals surface area contributed by atoms with Gasteiger partial charge in [-0.15, -0.1) is 11.3 Å². The minimum Gasteiger partial charge on any atom is -0.399 e. The Balaban J connectivity index is 2.12. The summed E-state index contributed by atoms with van der Waals surface area (Å²) in [6, 6.07) is 5.03. The molecule has 0 saturated carbocycles. The molecular weight excluding hydrogens is 326 g/mol. The molecule has 0 radical (unpaired) electrons. The smallest absolute Gasteiger partial charge is 0.251 e. The zero-order chi connectivity index (χ0) is 14.0. The van der Waals surface area contributed by atoms with Crippen molar-refractivity contribution in [1.29, 1.82) is 0 Å². The van der Waals surface area contributed by atoms with Crippen LogP contribution in [0.2, 0.25) is 0 Å². The first-order valence-corrected chi connectivity index (χ1v) is 7.42. The second kappa shape index (κ2) is 5.71. The number of aryl methyl sites for hydroxylation is 1. The number of hydrogen-bond acceptors (Lipinski definition) is 4. The summed E-state index contributed by atoms with van der Waals surface area (Å²) >= 11 is 4.87. The summed E-state index contributed by atoms with van der Waals surface area (Å²) in [5.74, 6) is -0.159. The molecule has 1 amide bonds. The van der Waals surface area contributed by atoms with Crippen molar-refractivity contribution in [2.75, 3.05) is 5.73 Å². The lowest BCUT2D eigenvalue weighted by Gasteiger charge is -2.11. The molecule has 0 aliphatic heterocycles. The summed E-state index contributed by atoms with van der Waals surface area (Å²) in [4.78, 5) is 16.5. The summed E-state index contributed by atoms with van der Waals surface area (Å²) in [7, 11) is 0. The molecule has 2 aromatic rings. The van der Waals surface area contributed by atoms with Gasteiger partial charge in [0.1, 0.15) is 5.01 Å². The third kappa shape index (κ3) is 3.54. The van der Waals surface area contributed by atoms with Crippen LogP contribution in [0.1, 0.15) is 34.0 Å². The molecule has 0 bridgehead atoms. The molecule has 1 unspecified atom stereocenters. The fourth-order valence-electron chi connectivity index (χ4n) is 1.66. The van der Waals surface area contributed by atoms with Crippen LogP contribution in [0.3, 0.4) is 0 Å². The maximum atomic E-state index is 12.1. The van der Waals surface area contributed by atoms with E-state index in [1.165, 1.54) is 0 Å². The van der Waals surface area contributed by atoms with Crippen LogP contribution in [0.25, 0.3) is 0 Å². The molecule has 2 rings (SSSR count). The summed E-state index contributed by atoms with van der Waals surface area (Å²) in [6.07, 6.45) is 0. The number of nitrogens with one attached hydrogen (secondary N) is 1. The monoisotopic (exact) mass is 339 g/mol. The van der Waals surface area contributed by atoms with Crippen LogP contribution < -0.4 is 11.1 Å². The third-order valence-electron chi connectivity index (χ3n) is 2.54. The number of rotatable bonds is 3. The summed E-state index contributed by atoms with van der Waals surface area (Å²) in [5.41, 5.74) is 7.78.